The second kappa shape index (κ2) is 6.07. The van der Waals surface area contributed by atoms with Crippen LogP contribution < -0.4 is 4.90 Å². The molecular weight excluding hydrogens is 294 g/mol. The van der Waals surface area contributed by atoms with Crippen molar-refractivity contribution in [1.29, 1.82) is 0 Å². The normalized spacial score (nSPS) is 19.7. The van der Waals surface area contributed by atoms with Crippen LogP contribution in [0.3, 0.4) is 0 Å². The summed E-state index contributed by atoms with van der Waals surface area (Å²) in [5.74, 6) is -0.00915. The maximum atomic E-state index is 12.2. The van der Waals surface area contributed by atoms with E-state index in [2.05, 4.69) is 4.98 Å². The van der Waals surface area contributed by atoms with Crippen molar-refractivity contribution in [3.8, 4) is 5.88 Å². The van der Waals surface area contributed by atoms with E-state index in [0.717, 1.165) is 0 Å². The zero-order valence-corrected chi connectivity index (χ0v) is 13.3. The second-order valence-electron chi connectivity index (χ2n) is 5.94. The first-order chi connectivity index (χ1) is 9.80. The van der Waals surface area contributed by atoms with Crippen molar-refractivity contribution in [2.24, 2.45) is 0 Å². The summed E-state index contributed by atoms with van der Waals surface area (Å²) >= 11 is 1.34. The summed E-state index contributed by atoms with van der Waals surface area (Å²) in [7, 11) is 0. The van der Waals surface area contributed by atoms with Gasteiger partial charge in [-0.1, -0.05) is 0 Å². The minimum atomic E-state index is -0.560. The van der Waals surface area contributed by atoms with E-state index in [1.165, 1.54) is 11.3 Å². The molecule has 2 heterocycles. The van der Waals surface area contributed by atoms with Gasteiger partial charge in [-0.05, 0) is 20.8 Å². The lowest BCUT2D eigenvalue weighted by Gasteiger charge is -2.40. The number of aromatic hydroxyl groups is 1. The Kier molecular flexibility index (Phi) is 4.58. The third-order valence-corrected chi connectivity index (χ3v) is 3.96. The number of piperazine rings is 1. The molecule has 1 amide bonds. The van der Waals surface area contributed by atoms with Crippen molar-refractivity contribution < 1.29 is 19.7 Å². The number of thiazole rings is 1. The highest BCUT2D eigenvalue weighted by molar-refractivity contribution is 7.13. The molecule has 8 heteroatoms. The Labute approximate surface area is 127 Å². The van der Waals surface area contributed by atoms with Gasteiger partial charge in [0.25, 0.3) is 0 Å². The number of hydrogen-bond acceptors (Lipinski definition) is 7. The van der Waals surface area contributed by atoms with Crippen molar-refractivity contribution in [3.63, 3.8) is 0 Å². The van der Waals surface area contributed by atoms with E-state index in [1.54, 1.807) is 10.3 Å². The molecule has 1 saturated heterocycles. The number of aromatic nitrogens is 1. The van der Waals surface area contributed by atoms with Gasteiger partial charge in [-0.25, -0.2) is 4.79 Å². The van der Waals surface area contributed by atoms with Gasteiger partial charge in [0.15, 0.2) is 5.13 Å². The lowest BCUT2D eigenvalue weighted by Crippen LogP contribution is -2.57. The van der Waals surface area contributed by atoms with E-state index < -0.39 is 11.7 Å². The van der Waals surface area contributed by atoms with Gasteiger partial charge < -0.3 is 19.8 Å². The monoisotopic (exact) mass is 315 g/mol. The van der Waals surface area contributed by atoms with Crippen LogP contribution in [0.2, 0.25) is 0 Å². The molecule has 1 aromatic heterocycles. The Morgan fingerprint density at radius 2 is 2.24 bits per heavy atom. The topological polar surface area (TPSA) is 86.1 Å². The Morgan fingerprint density at radius 3 is 2.76 bits per heavy atom. The second-order valence-corrected chi connectivity index (χ2v) is 6.78. The van der Waals surface area contributed by atoms with E-state index in [0.29, 0.717) is 24.8 Å². The fourth-order valence-corrected chi connectivity index (χ4v) is 2.87. The lowest BCUT2D eigenvalue weighted by atomic mass is 10.2. The molecule has 2 N–H and O–H groups in total. The predicted molar refractivity (Wildman–Crippen MR) is 79.8 cm³/mol. The van der Waals surface area contributed by atoms with Crippen LogP contribution >= 0.6 is 11.3 Å². The van der Waals surface area contributed by atoms with Gasteiger partial charge in [0.1, 0.15) is 5.60 Å². The molecule has 1 aliphatic rings. The van der Waals surface area contributed by atoms with Crippen LogP contribution in [-0.2, 0) is 4.74 Å². The van der Waals surface area contributed by atoms with Crippen molar-refractivity contribution in [1.82, 2.24) is 9.88 Å². The molecule has 1 aromatic rings. The summed E-state index contributed by atoms with van der Waals surface area (Å²) < 4.78 is 5.36. The van der Waals surface area contributed by atoms with Crippen molar-refractivity contribution in [3.05, 3.63) is 5.38 Å². The maximum absolute atomic E-state index is 12.2. The number of hydrogen-bond donors (Lipinski definition) is 2. The smallest absolute Gasteiger partial charge is 0.410 e. The van der Waals surface area contributed by atoms with E-state index in [4.69, 9.17) is 4.74 Å². The average molecular weight is 315 g/mol. The largest absolute Gasteiger partial charge is 0.493 e. The molecule has 2 rings (SSSR count). The molecule has 0 spiro atoms. The van der Waals surface area contributed by atoms with Crippen LogP contribution in [0.5, 0.6) is 5.88 Å². The molecule has 1 aliphatic heterocycles. The van der Waals surface area contributed by atoms with Crippen LogP contribution in [0.1, 0.15) is 20.8 Å². The highest BCUT2D eigenvalue weighted by Gasteiger charge is 2.33. The molecule has 1 fully saturated rings. The third kappa shape index (κ3) is 3.98. The zero-order valence-electron chi connectivity index (χ0n) is 12.4. The average Bonchev–Trinajstić information content (AvgIpc) is 2.82. The van der Waals surface area contributed by atoms with Crippen molar-refractivity contribution in [2.75, 3.05) is 31.1 Å². The van der Waals surface area contributed by atoms with E-state index in [1.807, 2.05) is 25.7 Å². The fraction of sp³-hybridized carbons (Fsp3) is 0.692. The van der Waals surface area contributed by atoms with Gasteiger partial charge in [0, 0.05) is 19.6 Å². The zero-order chi connectivity index (χ0) is 15.6. The fourth-order valence-electron chi connectivity index (χ4n) is 2.15. The van der Waals surface area contributed by atoms with Crippen molar-refractivity contribution in [2.45, 2.75) is 32.4 Å². The summed E-state index contributed by atoms with van der Waals surface area (Å²) in [6.07, 6.45) is -0.414. The highest BCUT2D eigenvalue weighted by atomic mass is 32.1. The van der Waals surface area contributed by atoms with Gasteiger partial charge in [0.05, 0.1) is 18.0 Å². The van der Waals surface area contributed by atoms with Gasteiger partial charge in [-0.2, -0.15) is 4.98 Å². The Bertz CT molecular complexity index is 500. The number of rotatable bonds is 2. The van der Waals surface area contributed by atoms with Crippen LogP contribution in [0.4, 0.5) is 9.93 Å². The Balaban J connectivity index is 2.03. The van der Waals surface area contributed by atoms with E-state index in [-0.39, 0.29) is 18.5 Å². The number of aliphatic hydroxyl groups is 1. The van der Waals surface area contributed by atoms with Gasteiger partial charge in [-0.15, -0.1) is 11.3 Å². The number of carbonyl (C=O) groups excluding carboxylic acids is 1. The summed E-state index contributed by atoms with van der Waals surface area (Å²) in [4.78, 5) is 19.7. The first kappa shape index (κ1) is 15.8. The van der Waals surface area contributed by atoms with Crippen LogP contribution in [-0.4, -0.2) is 64.1 Å². The molecule has 7 nitrogen and oxygen atoms in total. The standard InChI is InChI=1S/C13H21N3O4S/c1-13(2,3)20-12(19)16-5-4-15(6-9(16)7-17)11-14-10(18)8-21-11/h8-9,17-18H,4-7H2,1-3H3/t9-/m1/s1. The van der Waals surface area contributed by atoms with Crippen LogP contribution in [0.25, 0.3) is 0 Å². The quantitative estimate of drug-likeness (QED) is 0.855. The van der Waals surface area contributed by atoms with E-state index in [9.17, 15) is 15.0 Å². The Hall–Kier alpha value is -1.54. The lowest BCUT2D eigenvalue weighted by molar-refractivity contribution is 0.00703. The summed E-state index contributed by atoms with van der Waals surface area (Å²) in [5.41, 5.74) is -0.560. The minimum Gasteiger partial charge on any atom is -0.493 e. The predicted octanol–water partition coefficient (Wildman–Crippen LogP) is 1.27. The molecule has 1 atom stereocenters. The summed E-state index contributed by atoms with van der Waals surface area (Å²) in [5, 5.41) is 21.1. The summed E-state index contributed by atoms with van der Waals surface area (Å²) in [6.45, 7) is 6.79. The molecule has 0 aliphatic carbocycles. The number of nitrogens with zero attached hydrogens (tertiary/aromatic N) is 3. The first-order valence-electron chi connectivity index (χ1n) is 6.80. The number of ether oxygens (including phenoxy) is 1. The van der Waals surface area contributed by atoms with Crippen LogP contribution in [0.15, 0.2) is 5.38 Å². The molecule has 21 heavy (non-hydrogen) atoms. The van der Waals surface area contributed by atoms with Gasteiger partial charge >= 0.3 is 6.09 Å². The summed E-state index contributed by atoms with van der Waals surface area (Å²) in [6, 6.07) is -0.348. The van der Waals surface area contributed by atoms with Crippen molar-refractivity contribution >= 4 is 22.6 Å². The van der Waals surface area contributed by atoms with E-state index >= 15 is 0 Å². The Morgan fingerprint density at radius 1 is 1.52 bits per heavy atom. The van der Waals surface area contributed by atoms with Gasteiger partial charge in [0.2, 0.25) is 5.88 Å². The maximum Gasteiger partial charge on any atom is 0.410 e. The first-order valence-corrected chi connectivity index (χ1v) is 7.68. The third-order valence-electron chi connectivity index (χ3n) is 3.07. The number of aliphatic hydroxyl groups excluding tert-OH is 1. The molecule has 0 radical (unpaired) electrons. The van der Waals surface area contributed by atoms with Crippen LogP contribution in [0, 0.1) is 0 Å². The molecule has 0 aromatic carbocycles. The number of carbonyl (C=O) groups is 1. The minimum absolute atomic E-state index is 0.00915. The molecule has 118 valence electrons. The highest BCUT2D eigenvalue weighted by Crippen LogP contribution is 2.26. The number of anilines is 1. The molecular formula is C13H21N3O4S. The van der Waals surface area contributed by atoms with Gasteiger partial charge in [-0.3, -0.25) is 4.90 Å². The number of amides is 1. The molecule has 0 unspecified atom stereocenters. The SMILES string of the molecule is CC(C)(C)OC(=O)N1CCN(c2nc(O)cs2)C[C@@H]1CO. The molecule has 0 saturated carbocycles. The molecule has 0 bridgehead atoms.